The first-order valence-corrected chi connectivity index (χ1v) is 1.36. The largest absolute Gasteiger partial charge is 0.333 e. The van der Waals surface area contributed by atoms with Gasteiger partial charge in [-0.1, -0.05) is 0 Å². The number of hydrogen-bond donors (Lipinski definition) is 1. The number of carbonyl (C=O) groups is 1. The molecule has 0 spiro atoms. The molecular formula is C3H4FNO. The minimum absolute atomic E-state index is 0.244. The van der Waals surface area contributed by atoms with Gasteiger partial charge in [0, 0.05) is 6.20 Å². The van der Waals surface area contributed by atoms with E-state index in [0.29, 0.717) is 6.41 Å². The van der Waals surface area contributed by atoms with Crippen LogP contribution in [0.1, 0.15) is 0 Å². The molecule has 0 heterocycles. The Kier molecular flexibility index (Phi) is 3.55. The van der Waals surface area contributed by atoms with Gasteiger partial charge in [0.15, 0.2) is 0 Å². The maximum Gasteiger partial charge on any atom is 0.211 e. The first-order chi connectivity index (χ1) is 2.91. The second kappa shape index (κ2) is 4.14. The molecule has 0 saturated heterocycles. The van der Waals surface area contributed by atoms with Crippen LogP contribution in [0.3, 0.4) is 0 Å². The van der Waals surface area contributed by atoms with E-state index in [-0.39, 0.29) is 6.33 Å². The highest BCUT2D eigenvalue weighted by Crippen LogP contribution is 1.60. The fraction of sp³-hybridized carbons (Fsp3) is 0. The summed E-state index contributed by atoms with van der Waals surface area (Å²) >= 11 is 0. The lowest BCUT2D eigenvalue weighted by Crippen LogP contribution is -1.96. The summed E-state index contributed by atoms with van der Waals surface area (Å²) in [5, 5.41) is 1.96. The summed E-state index contributed by atoms with van der Waals surface area (Å²) in [5.41, 5.74) is 0. The molecule has 0 aliphatic carbocycles. The predicted octanol–water partition coefficient (Wildman–Crippen LogP) is 0.173. The van der Waals surface area contributed by atoms with Crippen molar-refractivity contribution < 1.29 is 9.18 Å². The van der Waals surface area contributed by atoms with Crippen LogP contribution >= 0.6 is 0 Å². The number of amides is 1. The second-order valence-corrected chi connectivity index (χ2v) is 0.577. The summed E-state index contributed by atoms with van der Waals surface area (Å²) in [7, 11) is 0. The van der Waals surface area contributed by atoms with Gasteiger partial charge in [0.25, 0.3) is 0 Å². The van der Waals surface area contributed by atoms with Gasteiger partial charge in [-0.2, -0.15) is 0 Å². The Hall–Kier alpha value is -0.860. The molecule has 1 amide bonds. The lowest BCUT2D eigenvalue weighted by atomic mass is 11.0. The molecule has 6 heavy (non-hydrogen) atoms. The summed E-state index contributed by atoms with van der Waals surface area (Å²) in [6, 6.07) is 0. The van der Waals surface area contributed by atoms with Crippen molar-refractivity contribution in [1.29, 1.82) is 0 Å². The average Bonchev–Trinajstić information content (AvgIpc) is 1.61. The zero-order chi connectivity index (χ0) is 4.83. The maximum absolute atomic E-state index is 10.8. The molecule has 0 saturated carbocycles. The van der Waals surface area contributed by atoms with Crippen molar-refractivity contribution in [2.24, 2.45) is 0 Å². The van der Waals surface area contributed by atoms with Gasteiger partial charge in [-0.15, -0.1) is 0 Å². The monoisotopic (exact) mass is 89.0 g/mol. The first-order valence-electron chi connectivity index (χ1n) is 1.36. The van der Waals surface area contributed by atoms with Crippen molar-refractivity contribution in [2.45, 2.75) is 0 Å². The number of hydrogen-bond acceptors (Lipinski definition) is 1. The van der Waals surface area contributed by atoms with Crippen molar-refractivity contribution in [3.8, 4) is 0 Å². The van der Waals surface area contributed by atoms with Crippen LogP contribution in [0, 0.1) is 0 Å². The Morgan fingerprint density at radius 1 is 1.67 bits per heavy atom. The number of halogens is 1. The van der Waals surface area contributed by atoms with E-state index < -0.39 is 0 Å². The van der Waals surface area contributed by atoms with E-state index in [0.717, 1.165) is 6.20 Å². The lowest BCUT2D eigenvalue weighted by Gasteiger charge is -1.72. The Morgan fingerprint density at radius 2 is 2.33 bits per heavy atom. The van der Waals surface area contributed by atoms with Crippen molar-refractivity contribution in [3.05, 3.63) is 12.5 Å². The molecule has 0 atom stereocenters. The molecule has 34 valence electrons. The van der Waals surface area contributed by atoms with Crippen molar-refractivity contribution in [3.63, 3.8) is 0 Å². The van der Waals surface area contributed by atoms with Crippen LogP contribution < -0.4 is 5.32 Å². The standard InChI is InChI=1S/C3H4FNO/c4-1-2-5-3-6/h1-3H,(H,5,6). The first kappa shape index (κ1) is 5.14. The van der Waals surface area contributed by atoms with Crippen LogP contribution in [0.25, 0.3) is 0 Å². The van der Waals surface area contributed by atoms with Gasteiger partial charge >= 0.3 is 0 Å². The minimum Gasteiger partial charge on any atom is -0.333 e. The predicted molar refractivity (Wildman–Crippen MR) is 19.4 cm³/mol. The maximum atomic E-state index is 10.8. The normalized spacial score (nSPS) is 8.83. The summed E-state index contributed by atoms with van der Waals surface area (Å²) in [6.45, 7) is 0. The summed E-state index contributed by atoms with van der Waals surface area (Å²) < 4.78 is 10.8. The van der Waals surface area contributed by atoms with E-state index in [1.807, 2.05) is 5.32 Å². The van der Waals surface area contributed by atoms with Crippen molar-refractivity contribution in [2.75, 3.05) is 0 Å². The van der Waals surface area contributed by atoms with Gasteiger partial charge in [0.2, 0.25) is 6.41 Å². The summed E-state index contributed by atoms with van der Waals surface area (Å²) in [6.07, 6.45) is 1.53. The molecule has 0 unspecified atom stereocenters. The average molecular weight is 89.1 g/mol. The third-order valence-corrected chi connectivity index (χ3v) is 0.227. The van der Waals surface area contributed by atoms with Gasteiger partial charge in [0.05, 0.1) is 0 Å². The molecule has 0 radical (unpaired) electrons. The molecule has 3 heteroatoms. The van der Waals surface area contributed by atoms with Gasteiger partial charge in [-0.25, -0.2) is 4.39 Å². The smallest absolute Gasteiger partial charge is 0.211 e. The molecule has 0 aromatic rings. The van der Waals surface area contributed by atoms with Gasteiger partial charge < -0.3 is 5.32 Å². The fourth-order valence-electron chi connectivity index (χ4n) is 0.0757. The van der Waals surface area contributed by atoms with Crippen LogP contribution in [0.2, 0.25) is 0 Å². The molecule has 0 aromatic heterocycles. The minimum atomic E-state index is 0.244. The van der Waals surface area contributed by atoms with E-state index in [2.05, 4.69) is 0 Å². The number of carbonyl (C=O) groups excluding carboxylic acids is 1. The Morgan fingerprint density at radius 3 is 2.50 bits per heavy atom. The highest BCUT2D eigenvalue weighted by atomic mass is 19.1. The quantitative estimate of drug-likeness (QED) is 0.480. The van der Waals surface area contributed by atoms with E-state index in [1.165, 1.54) is 0 Å². The van der Waals surface area contributed by atoms with Gasteiger partial charge in [-0.3, -0.25) is 4.79 Å². The Labute approximate surface area is 34.7 Å². The molecule has 1 N–H and O–H groups in total. The van der Waals surface area contributed by atoms with Crippen LogP contribution in [0.5, 0.6) is 0 Å². The van der Waals surface area contributed by atoms with E-state index in [4.69, 9.17) is 0 Å². The third-order valence-electron chi connectivity index (χ3n) is 0.227. The van der Waals surface area contributed by atoms with Crippen molar-refractivity contribution in [1.82, 2.24) is 5.32 Å². The lowest BCUT2D eigenvalue weighted by molar-refractivity contribution is -0.108. The number of nitrogens with one attached hydrogen (secondary N) is 1. The van der Waals surface area contributed by atoms with Gasteiger partial charge in [-0.05, 0) is 0 Å². The topological polar surface area (TPSA) is 29.1 Å². The molecule has 0 bridgehead atoms. The molecular weight excluding hydrogens is 85.0 g/mol. The molecule has 0 rings (SSSR count). The zero-order valence-electron chi connectivity index (χ0n) is 3.02. The van der Waals surface area contributed by atoms with E-state index in [9.17, 15) is 9.18 Å². The molecule has 0 aromatic carbocycles. The van der Waals surface area contributed by atoms with Crippen LogP contribution in [0.15, 0.2) is 12.5 Å². The van der Waals surface area contributed by atoms with Crippen LogP contribution in [0.4, 0.5) is 4.39 Å². The zero-order valence-corrected chi connectivity index (χ0v) is 3.02. The van der Waals surface area contributed by atoms with Crippen LogP contribution in [-0.2, 0) is 4.79 Å². The fourth-order valence-corrected chi connectivity index (χ4v) is 0.0757. The SMILES string of the molecule is O=CNC=CF. The summed E-state index contributed by atoms with van der Waals surface area (Å²) in [5.74, 6) is 0. The molecule has 0 aliphatic rings. The Balaban J connectivity index is 2.85. The van der Waals surface area contributed by atoms with Crippen LogP contribution in [-0.4, -0.2) is 6.41 Å². The van der Waals surface area contributed by atoms with E-state index >= 15 is 0 Å². The second-order valence-electron chi connectivity index (χ2n) is 0.577. The van der Waals surface area contributed by atoms with Gasteiger partial charge in [0.1, 0.15) is 6.33 Å². The highest BCUT2D eigenvalue weighted by molar-refractivity contribution is 5.47. The molecule has 2 nitrogen and oxygen atoms in total. The van der Waals surface area contributed by atoms with E-state index in [1.54, 1.807) is 0 Å². The highest BCUT2D eigenvalue weighted by Gasteiger charge is 1.58. The number of rotatable bonds is 2. The third kappa shape index (κ3) is 3.14. The Bertz CT molecular complexity index is 61.8. The molecule has 0 aliphatic heterocycles. The summed E-state index contributed by atoms with van der Waals surface area (Å²) in [4.78, 5) is 9.23. The molecule has 0 fully saturated rings. The van der Waals surface area contributed by atoms with Crippen molar-refractivity contribution >= 4 is 6.41 Å².